The molecule has 0 fully saturated rings. The quantitative estimate of drug-likeness (QED) is 0.690. The van der Waals surface area contributed by atoms with Crippen molar-refractivity contribution >= 4 is 17.4 Å². The molecule has 21 heavy (non-hydrogen) atoms. The summed E-state index contributed by atoms with van der Waals surface area (Å²) in [6.07, 6.45) is 1.45. The molecule has 0 saturated carbocycles. The van der Waals surface area contributed by atoms with E-state index in [-0.39, 0.29) is 5.78 Å². The number of hydrogen-bond donors (Lipinski definition) is 0. The fourth-order valence-corrected chi connectivity index (χ4v) is 2.70. The van der Waals surface area contributed by atoms with Gasteiger partial charge in [-0.3, -0.25) is 4.79 Å². The molecular formula is C18H14ClNO. The molecule has 1 unspecified atom stereocenters. The number of carbonyl (C=O) groups is 1. The smallest absolute Gasteiger partial charge is 0.164 e. The van der Waals surface area contributed by atoms with Gasteiger partial charge in [0.25, 0.3) is 0 Å². The van der Waals surface area contributed by atoms with Crippen molar-refractivity contribution in [1.29, 1.82) is 0 Å². The van der Waals surface area contributed by atoms with Crippen molar-refractivity contribution in [3.63, 3.8) is 0 Å². The van der Waals surface area contributed by atoms with Crippen LogP contribution in [0.3, 0.4) is 0 Å². The van der Waals surface area contributed by atoms with E-state index in [0.717, 1.165) is 23.2 Å². The number of Topliss-reactive ketones (excluding diaryl/α,β-unsaturated/α-hetero) is 1. The van der Waals surface area contributed by atoms with Gasteiger partial charge in [-0.25, -0.2) is 4.98 Å². The second-order valence-electron chi connectivity index (χ2n) is 5.39. The molecule has 1 heterocycles. The van der Waals surface area contributed by atoms with Crippen molar-refractivity contribution in [3.8, 4) is 11.8 Å². The first-order valence-electron chi connectivity index (χ1n) is 6.92. The maximum Gasteiger partial charge on any atom is 0.164 e. The Morgan fingerprint density at radius 1 is 1.19 bits per heavy atom. The Balaban J connectivity index is 1.92. The average molecular weight is 296 g/mol. The van der Waals surface area contributed by atoms with Crippen molar-refractivity contribution in [2.45, 2.75) is 19.8 Å². The van der Waals surface area contributed by atoms with Crippen molar-refractivity contribution in [2.24, 2.45) is 5.92 Å². The fraction of sp³-hybridized carbons (Fsp3) is 0.222. The summed E-state index contributed by atoms with van der Waals surface area (Å²) in [5.74, 6) is 6.63. The molecule has 0 spiro atoms. The zero-order valence-corrected chi connectivity index (χ0v) is 12.4. The summed E-state index contributed by atoms with van der Waals surface area (Å²) < 4.78 is 0. The van der Waals surface area contributed by atoms with Crippen LogP contribution in [0.5, 0.6) is 0 Å². The number of nitrogens with zero attached hydrogens (tertiary/aromatic N) is 1. The molecule has 0 saturated heterocycles. The van der Waals surface area contributed by atoms with E-state index in [1.54, 1.807) is 0 Å². The van der Waals surface area contributed by atoms with Gasteiger partial charge in [0.05, 0.1) is 5.69 Å². The molecule has 1 aliphatic rings. The van der Waals surface area contributed by atoms with Crippen LogP contribution in [-0.4, -0.2) is 10.8 Å². The van der Waals surface area contributed by atoms with E-state index in [1.807, 2.05) is 36.4 Å². The Morgan fingerprint density at radius 3 is 2.86 bits per heavy atom. The molecule has 3 heteroatoms. The molecule has 1 aliphatic carbocycles. The molecule has 2 aromatic rings. The Bertz CT molecular complexity index is 770. The third-order valence-electron chi connectivity index (χ3n) is 3.51. The van der Waals surface area contributed by atoms with E-state index < -0.39 is 0 Å². The van der Waals surface area contributed by atoms with Gasteiger partial charge in [-0.05, 0) is 48.6 Å². The summed E-state index contributed by atoms with van der Waals surface area (Å²) in [5, 5.41) is 0.666. The first-order chi connectivity index (χ1) is 10.1. The first-order valence-corrected chi connectivity index (χ1v) is 7.30. The molecule has 2 nitrogen and oxygen atoms in total. The standard InChI is InChI=1S/C18H14ClNO/c1-12-9-17-16(18(21)10-12)8-7-15(20-17)6-5-13-3-2-4-14(19)11-13/h2-4,7-8,11-12H,9-10H2,1H3. The minimum atomic E-state index is 0.186. The highest BCUT2D eigenvalue weighted by atomic mass is 35.5. The lowest BCUT2D eigenvalue weighted by molar-refractivity contribution is 0.0952. The normalized spacial score (nSPS) is 16.9. The summed E-state index contributed by atoms with van der Waals surface area (Å²) in [7, 11) is 0. The number of aromatic nitrogens is 1. The lowest BCUT2D eigenvalue weighted by atomic mass is 9.87. The lowest BCUT2D eigenvalue weighted by Crippen LogP contribution is -2.19. The molecule has 0 amide bonds. The predicted octanol–water partition coefficient (Wildman–Crippen LogP) is 3.90. The largest absolute Gasteiger partial charge is 0.294 e. The number of rotatable bonds is 0. The molecule has 104 valence electrons. The van der Waals surface area contributed by atoms with Gasteiger partial charge >= 0.3 is 0 Å². The third kappa shape index (κ3) is 3.15. The van der Waals surface area contributed by atoms with Crippen molar-refractivity contribution in [1.82, 2.24) is 4.98 Å². The van der Waals surface area contributed by atoms with Crippen LogP contribution in [0.4, 0.5) is 0 Å². The van der Waals surface area contributed by atoms with E-state index >= 15 is 0 Å². The Hall–Kier alpha value is -2.11. The van der Waals surface area contributed by atoms with Crippen molar-refractivity contribution < 1.29 is 4.79 Å². The Kier molecular flexibility index (Phi) is 3.77. The Morgan fingerprint density at radius 2 is 2.05 bits per heavy atom. The first kappa shape index (κ1) is 13.9. The fourth-order valence-electron chi connectivity index (χ4n) is 2.51. The number of ketones is 1. The topological polar surface area (TPSA) is 30.0 Å². The zero-order chi connectivity index (χ0) is 14.8. The number of pyridine rings is 1. The van der Waals surface area contributed by atoms with Gasteiger partial charge in [0.15, 0.2) is 5.78 Å². The van der Waals surface area contributed by atoms with E-state index in [2.05, 4.69) is 23.7 Å². The SMILES string of the molecule is CC1CC(=O)c2ccc(C#Cc3cccc(Cl)c3)nc2C1. The minimum absolute atomic E-state index is 0.186. The molecule has 1 aromatic carbocycles. The molecule has 0 aliphatic heterocycles. The number of benzene rings is 1. The van der Waals surface area contributed by atoms with Crippen LogP contribution < -0.4 is 0 Å². The summed E-state index contributed by atoms with van der Waals surface area (Å²) in [4.78, 5) is 16.5. The lowest BCUT2D eigenvalue weighted by Gasteiger charge is -2.19. The number of fused-ring (bicyclic) bond motifs is 1. The second-order valence-corrected chi connectivity index (χ2v) is 5.82. The van der Waals surface area contributed by atoms with Crippen LogP contribution in [0.2, 0.25) is 5.02 Å². The molecule has 1 atom stereocenters. The summed E-state index contributed by atoms with van der Waals surface area (Å²) in [6.45, 7) is 2.08. The van der Waals surface area contributed by atoms with Gasteiger partial charge in [-0.1, -0.05) is 30.5 Å². The van der Waals surface area contributed by atoms with Crippen molar-refractivity contribution in [2.75, 3.05) is 0 Å². The van der Waals surface area contributed by atoms with Gasteiger partial charge in [0, 0.05) is 22.6 Å². The molecular weight excluding hydrogens is 282 g/mol. The number of hydrogen-bond acceptors (Lipinski definition) is 2. The number of carbonyl (C=O) groups excluding carboxylic acids is 1. The van der Waals surface area contributed by atoms with Gasteiger partial charge in [0.2, 0.25) is 0 Å². The number of halogens is 1. The zero-order valence-electron chi connectivity index (χ0n) is 11.7. The van der Waals surface area contributed by atoms with Gasteiger partial charge in [0.1, 0.15) is 5.69 Å². The van der Waals surface area contributed by atoms with Crippen LogP contribution >= 0.6 is 11.6 Å². The highest BCUT2D eigenvalue weighted by Crippen LogP contribution is 2.23. The maximum absolute atomic E-state index is 11.9. The van der Waals surface area contributed by atoms with Crippen LogP contribution in [0.25, 0.3) is 0 Å². The highest BCUT2D eigenvalue weighted by molar-refractivity contribution is 6.30. The van der Waals surface area contributed by atoms with E-state index in [0.29, 0.717) is 23.1 Å². The molecule has 3 rings (SSSR count). The van der Waals surface area contributed by atoms with Crippen LogP contribution in [0.1, 0.15) is 40.7 Å². The molecule has 0 radical (unpaired) electrons. The highest BCUT2D eigenvalue weighted by Gasteiger charge is 2.23. The van der Waals surface area contributed by atoms with E-state index in [1.165, 1.54) is 0 Å². The van der Waals surface area contributed by atoms with Crippen LogP contribution in [-0.2, 0) is 6.42 Å². The van der Waals surface area contributed by atoms with Crippen LogP contribution in [0.15, 0.2) is 36.4 Å². The van der Waals surface area contributed by atoms with Gasteiger partial charge in [-0.2, -0.15) is 0 Å². The monoisotopic (exact) mass is 295 g/mol. The summed E-state index contributed by atoms with van der Waals surface area (Å²) in [5.41, 5.74) is 3.17. The average Bonchev–Trinajstić information content (AvgIpc) is 2.44. The molecule has 0 N–H and O–H groups in total. The van der Waals surface area contributed by atoms with E-state index in [4.69, 9.17) is 11.6 Å². The van der Waals surface area contributed by atoms with Crippen LogP contribution in [0, 0.1) is 17.8 Å². The third-order valence-corrected chi connectivity index (χ3v) is 3.74. The van der Waals surface area contributed by atoms with E-state index in [9.17, 15) is 4.79 Å². The second kappa shape index (κ2) is 5.71. The maximum atomic E-state index is 11.9. The predicted molar refractivity (Wildman–Crippen MR) is 83.5 cm³/mol. The molecule has 1 aromatic heterocycles. The summed E-state index contributed by atoms with van der Waals surface area (Å²) >= 11 is 5.93. The summed E-state index contributed by atoms with van der Waals surface area (Å²) in [6, 6.07) is 11.1. The Labute approximate surface area is 129 Å². The molecule has 0 bridgehead atoms. The van der Waals surface area contributed by atoms with Crippen molar-refractivity contribution in [3.05, 3.63) is 63.9 Å². The minimum Gasteiger partial charge on any atom is -0.294 e. The van der Waals surface area contributed by atoms with Gasteiger partial charge in [-0.15, -0.1) is 0 Å². The van der Waals surface area contributed by atoms with Gasteiger partial charge < -0.3 is 0 Å².